The number of anilines is 3. The van der Waals surface area contributed by atoms with E-state index < -0.39 is 0 Å². The molecule has 0 unspecified atom stereocenters. The van der Waals surface area contributed by atoms with Gasteiger partial charge in [-0.05, 0) is 49.8 Å². The molecule has 1 aliphatic carbocycles. The van der Waals surface area contributed by atoms with Gasteiger partial charge in [-0.2, -0.15) is 9.97 Å². The van der Waals surface area contributed by atoms with Gasteiger partial charge in [-0.3, -0.25) is 0 Å². The van der Waals surface area contributed by atoms with Gasteiger partial charge >= 0.3 is 6.03 Å². The van der Waals surface area contributed by atoms with Crippen molar-refractivity contribution >= 4 is 34.6 Å². The van der Waals surface area contributed by atoms with Crippen LogP contribution in [0.1, 0.15) is 31.2 Å². The van der Waals surface area contributed by atoms with E-state index in [0.717, 1.165) is 57.4 Å². The van der Waals surface area contributed by atoms with Crippen LogP contribution >= 0.6 is 0 Å². The highest BCUT2D eigenvalue weighted by Gasteiger charge is 2.25. The number of aromatic nitrogens is 4. The minimum atomic E-state index is -0.223. The summed E-state index contributed by atoms with van der Waals surface area (Å²) in [6.45, 7) is 2.86. The Morgan fingerprint density at radius 1 is 1.18 bits per heavy atom. The second kappa shape index (κ2) is 9.32. The number of imidazole rings is 1. The monoisotopic (exact) mass is 450 g/mol. The number of nitrogens with zero attached hydrogens (tertiary/aromatic N) is 5. The quantitative estimate of drug-likeness (QED) is 0.433. The molecule has 4 N–H and O–H groups in total. The number of likely N-dealkylation sites (tertiary alicyclic amines) is 1. The number of piperidine rings is 1. The van der Waals surface area contributed by atoms with Gasteiger partial charge in [0.2, 0.25) is 5.95 Å². The summed E-state index contributed by atoms with van der Waals surface area (Å²) < 4.78 is 1.44. The van der Waals surface area contributed by atoms with Crippen LogP contribution < -0.4 is 16.0 Å². The number of amides is 1. The Hall–Kier alpha value is -3.24. The topological polar surface area (TPSA) is 120 Å². The van der Waals surface area contributed by atoms with Gasteiger partial charge in [0, 0.05) is 38.4 Å². The molecular formula is C23H30N8O2. The summed E-state index contributed by atoms with van der Waals surface area (Å²) in [5.41, 5.74) is 3.11. The Bertz CT molecular complexity index is 1130. The minimum absolute atomic E-state index is 0.148. The molecule has 0 bridgehead atoms. The van der Waals surface area contributed by atoms with Crippen LogP contribution in [0.2, 0.25) is 0 Å². The lowest BCUT2D eigenvalue weighted by Gasteiger charge is -2.29. The number of nitrogens with one attached hydrogen (secondary N) is 3. The number of aliphatic hydroxyl groups excluding tert-OH is 1. The first-order chi connectivity index (χ1) is 16.1. The lowest BCUT2D eigenvalue weighted by molar-refractivity contribution is 0.0832. The van der Waals surface area contributed by atoms with Crippen LogP contribution in [0.3, 0.4) is 0 Å². The second-order valence-corrected chi connectivity index (χ2v) is 8.80. The first-order valence-electron chi connectivity index (χ1n) is 11.6. The summed E-state index contributed by atoms with van der Waals surface area (Å²) >= 11 is 0. The van der Waals surface area contributed by atoms with E-state index in [-0.39, 0.29) is 18.2 Å². The first-order valence-corrected chi connectivity index (χ1v) is 11.6. The Balaban J connectivity index is 1.32. The van der Waals surface area contributed by atoms with Crippen molar-refractivity contribution in [2.75, 3.05) is 37.3 Å². The molecule has 1 saturated carbocycles. The zero-order valence-corrected chi connectivity index (χ0v) is 18.8. The van der Waals surface area contributed by atoms with Crippen molar-refractivity contribution in [3.63, 3.8) is 0 Å². The maximum absolute atomic E-state index is 12.6. The highest BCUT2D eigenvalue weighted by atomic mass is 16.3. The average Bonchev–Trinajstić information content (AvgIpc) is 3.53. The molecule has 5 rings (SSSR count). The number of benzene rings is 1. The highest BCUT2D eigenvalue weighted by Crippen LogP contribution is 2.24. The number of aliphatic hydroxyl groups is 1. The van der Waals surface area contributed by atoms with Gasteiger partial charge in [0.15, 0.2) is 17.0 Å². The molecule has 0 atom stereocenters. The Labute approximate surface area is 192 Å². The van der Waals surface area contributed by atoms with Crippen molar-refractivity contribution in [3.05, 3.63) is 36.2 Å². The lowest BCUT2D eigenvalue weighted by Crippen LogP contribution is -2.37. The number of hydrogen-bond donors (Lipinski definition) is 4. The molecule has 2 fully saturated rings. The Kier molecular flexibility index (Phi) is 6.10. The van der Waals surface area contributed by atoms with Gasteiger partial charge in [-0.15, -0.1) is 0 Å². The molecule has 10 heteroatoms. The van der Waals surface area contributed by atoms with Crippen LogP contribution in [0, 0.1) is 0 Å². The highest BCUT2D eigenvalue weighted by molar-refractivity contribution is 5.92. The maximum atomic E-state index is 12.6. The predicted molar refractivity (Wildman–Crippen MR) is 127 cm³/mol. The normalized spacial score (nSPS) is 17.3. The van der Waals surface area contributed by atoms with Crippen molar-refractivity contribution in [1.29, 1.82) is 0 Å². The van der Waals surface area contributed by atoms with Crippen LogP contribution in [0.25, 0.3) is 11.2 Å². The van der Waals surface area contributed by atoms with Crippen molar-refractivity contribution in [2.24, 2.45) is 0 Å². The van der Waals surface area contributed by atoms with Gasteiger partial charge < -0.3 is 26.0 Å². The number of fused-ring (bicyclic) bond motifs is 1. The molecule has 174 valence electrons. The van der Waals surface area contributed by atoms with Gasteiger partial charge in [0.05, 0.1) is 6.10 Å². The fraction of sp³-hybridized carbons (Fsp3) is 0.478. The third-order valence-corrected chi connectivity index (χ3v) is 6.21. The zero-order valence-electron chi connectivity index (χ0n) is 18.8. The van der Waals surface area contributed by atoms with Crippen LogP contribution in [0.15, 0.2) is 30.6 Å². The van der Waals surface area contributed by atoms with E-state index in [9.17, 15) is 9.90 Å². The molecule has 1 aliphatic heterocycles. The molecular weight excluding hydrogens is 420 g/mol. The summed E-state index contributed by atoms with van der Waals surface area (Å²) in [4.78, 5) is 28.5. The largest absolute Gasteiger partial charge is 0.393 e. The Morgan fingerprint density at radius 3 is 2.76 bits per heavy atom. The van der Waals surface area contributed by atoms with Crippen molar-refractivity contribution in [1.82, 2.24) is 29.7 Å². The standard InChI is InChI=1S/C23H30N8O2/c1-24-20-19-21(31(14-25-19)23(33)27-16-5-6-16)29-22(28-20)26-17-4-2-3-15(13-17)7-10-30-11-8-18(32)9-12-30/h2-4,13-14,16,18,32H,5-12H2,1H3,(H,27,33)(H2,24,26,28,29). The molecule has 2 aromatic heterocycles. The SMILES string of the molecule is CNc1nc(Nc2cccc(CCN3CCC(O)CC3)c2)nc2c1ncn2C(=O)NC1CC1. The molecule has 0 radical (unpaired) electrons. The second-order valence-electron chi connectivity index (χ2n) is 8.80. The molecule has 1 amide bonds. The summed E-state index contributed by atoms with van der Waals surface area (Å²) in [5.74, 6) is 0.957. The van der Waals surface area contributed by atoms with E-state index in [1.165, 1.54) is 16.5 Å². The molecule has 1 saturated heterocycles. The molecule has 2 aliphatic rings. The van der Waals surface area contributed by atoms with Gasteiger partial charge in [0.25, 0.3) is 0 Å². The zero-order chi connectivity index (χ0) is 22.8. The van der Waals surface area contributed by atoms with E-state index in [4.69, 9.17) is 0 Å². The molecule has 3 heterocycles. The van der Waals surface area contributed by atoms with E-state index in [0.29, 0.717) is 22.9 Å². The average molecular weight is 451 g/mol. The molecule has 0 spiro atoms. The number of carbonyl (C=O) groups excluding carboxylic acids is 1. The molecule has 10 nitrogen and oxygen atoms in total. The fourth-order valence-corrected chi connectivity index (χ4v) is 4.11. The third-order valence-electron chi connectivity index (χ3n) is 6.21. The number of rotatable bonds is 7. The van der Waals surface area contributed by atoms with Crippen molar-refractivity contribution in [2.45, 2.75) is 44.2 Å². The van der Waals surface area contributed by atoms with Crippen LogP contribution in [0.4, 0.5) is 22.2 Å². The van der Waals surface area contributed by atoms with Crippen LogP contribution in [0.5, 0.6) is 0 Å². The number of hydrogen-bond acceptors (Lipinski definition) is 8. The van der Waals surface area contributed by atoms with Crippen LogP contribution in [-0.4, -0.2) is 74.4 Å². The van der Waals surface area contributed by atoms with E-state index in [2.05, 4.69) is 47.9 Å². The van der Waals surface area contributed by atoms with Crippen molar-refractivity contribution < 1.29 is 9.90 Å². The van der Waals surface area contributed by atoms with Crippen LogP contribution in [-0.2, 0) is 6.42 Å². The fourth-order valence-electron chi connectivity index (χ4n) is 4.11. The first kappa shape index (κ1) is 21.6. The van der Waals surface area contributed by atoms with Gasteiger partial charge in [-0.1, -0.05) is 12.1 Å². The van der Waals surface area contributed by atoms with Crippen molar-refractivity contribution in [3.8, 4) is 0 Å². The summed E-state index contributed by atoms with van der Waals surface area (Å²) in [6, 6.07) is 8.23. The minimum Gasteiger partial charge on any atom is -0.393 e. The van der Waals surface area contributed by atoms with E-state index in [1.54, 1.807) is 7.05 Å². The predicted octanol–water partition coefficient (Wildman–Crippen LogP) is 2.33. The van der Waals surface area contributed by atoms with E-state index >= 15 is 0 Å². The molecule has 1 aromatic carbocycles. The Morgan fingerprint density at radius 2 is 2.00 bits per heavy atom. The van der Waals surface area contributed by atoms with Gasteiger partial charge in [0.1, 0.15) is 6.33 Å². The smallest absolute Gasteiger partial charge is 0.328 e. The lowest BCUT2D eigenvalue weighted by atomic mass is 10.1. The van der Waals surface area contributed by atoms with Gasteiger partial charge in [-0.25, -0.2) is 14.3 Å². The van der Waals surface area contributed by atoms with E-state index in [1.807, 2.05) is 12.1 Å². The molecule has 33 heavy (non-hydrogen) atoms. The summed E-state index contributed by atoms with van der Waals surface area (Å²) in [7, 11) is 1.77. The summed E-state index contributed by atoms with van der Waals surface area (Å²) in [6.07, 6.45) is 6.00. The molecule has 3 aromatic rings. The maximum Gasteiger partial charge on any atom is 0.328 e. The third kappa shape index (κ3) is 5.07. The number of carbonyl (C=O) groups is 1. The summed E-state index contributed by atoms with van der Waals surface area (Å²) in [5, 5.41) is 19.0.